The van der Waals surface area contributed by atoms with Crippen molar-refractivity contribution in [3.05, 3.63) is 75.2 Å². The number of nitrogens with zero attached hydrogens (tertiary/aromatic N) is 2. The van der Waals surface area contributed by atoms with Crippen LogP contribution in [0.5, 0.6) is 0 Å². The van der Waals surface area contributed by atoms with E-state index in [1.807, 2.05) is 35.2 Å². The standard InChI is InChI=1S/C23H22N2O3S/c1-15-17(8-5-9-18(15)16-6-3-2-4-7-16)12-20(26)23-24-19-10-11-25(14-22(27)28)13-21(19)29-23/h2-9H,10-14H2,1H3,(H,27,28). The van der Waals surface area contributed by atoms with Crippen LogP contribution in [0.4, 0.5) is 0 Å². The monoisotopic (exact) mass is 406 g/mol. The number of fused-ring (bicyclic) bond motifs is 1. The number of Topliss-reactive ketones (excluding diaryl/α,β-unsaturated/α-hetero) is 1. The predicted octanol–water partition coefficient (Wildman–Crippen LogP) is 3.99. The Labute approximate surface area is 173 Å². The number of ketones is 1. The zero-order valence-electron chi connectivity index (χ0n) is 16.2. The van der Waals surface area contributed by atoms with Crippen LogP contribution in [-0.4, -0.2) is 39.8 Å². The van der Waals surface area contributed by atoms with Gasteiger partial charge >= 0.3 is 5.97 Å². The second kappa shape index (κ2) is 8.27. The van der Waals surface area contributed by atoms with Gasteiger partial charge in [0.15, 0.2) is 10.8 Å². The zero-order valence-corrected chi connectivity index (χ0v) is 17.0. The van der Waals surface area contributed by atoms with Crippen LogP contribution >= 0.6 is 11.3 Å². The topological polar surface area (TPSA) is 70.5 Å². The minimum Gasteiger partial charge on any atom is -0.480 e. The van der Waals surface area contributed by atoms with Crippen molar-refractivity contribution >= 4 is 23.1 Å². The molecule has 2 heterocycles. The summed E-state index contributed by atoms with van der Waals surface area (Å²) in [5, 5.41) is 9.52. The molecule has 0 unspecified atom stereocenters. The SMILES string of the molecule is Cc1c(CC(=O)c2nc3c(s2)CN(CC(=O)O)CC3)cccc1-c1ccccc1. The summed E-state index contributed by atoms with van der Waals surface area (Å²) in [6.07, 6.45) is 1.01. The van der Waals surface area contributed by atoms with Crippen molar-refractivity contribution in [1.29, 1.82) is 0 Å². The predicted molar refractivity (Wildman–Crippen MR) is 113 cm³/mol. The van der Waals surface area contributed by atoms with E-state index >= 15 is 0 Å². The number of thiazole rings is 1. The van der Waals surface area contributed by atoms with E-state index < -0.39 is 5.97 Å². The molecule has 2 aromatic carbocycles. The molecule has 0 saturated heterocycles. The lowest BCUT2D eigenvalue weighted by atomic mass is 9.94. The number of carbonyl (C=O) groups excluding carboxylic acids is 1. The summed E-state index contributed by atoms with van der Waals surface area (Å²) < 4.78 is 0. The maximum Gasteiger partial charge on any atom is 0.317 e. The number of hydrogen-bond donors (Lipinski definition) is 1. The maximum atomic E-state index is 12.9. The second-order valence-corrected chi connectivity index (χ2v) is 8.38. The highest BCUT2D eigenvalue weighted by atomic mass is 32.1. The van der Waals surface area contributed by atoms with Crippen LogP contribution in [0.15, 0.2) is 48.5 Å². The van der Waals surface area contributed by atoms with Crippen molar-refractivity contribution in [3.8, 4) is 11.1 Å². The molecule has 0 atom stereocenters. The Morgan fingerprint density at radius 2 is 1.93 bits per heavy atom. The Balaban J connectivity index is 1.53. The first-order valence-corrected chi connectivity index (χ1v) is 10.4. The van der Waals surface area contributed by atoms with Gasteiger partial charge in [-0.2, -0.15) is 0 Å². The molecule has 1 aliphatic heterocycles. The largest absolute Gasteiger partial charge is 0.480 e. The smallest absolute Gasteiger partial charge is 0.317 e. The first-order valence-electron chi connectivity index (χ1n) is 9.61. The molecule has 6 heteroatoms. The summed E-state index contributed by atoms with van der Waals surface area (Å²) >= 11 is 1.40. The lowest BCUT2D eigenvalue weighted by molar-refractivity contribution is -0.138. The number of hydrogen-bond acceptors (Lipinski definition) is 5. The third-order valence-corrected chi connectivity index (χ3v) is 6.41. The normalized spacial score (nSPS) is 13.8. The Hall–Kier alpha value is -2.83. The fourth-order valence-electron chi connectivity index (χ4n) is 3.75. The molecular formula is C23H22N2O3S. The average Bonchev–Trinajstić information content (AvgIpc) is 3.13. The van der Waals surface area contributed by atoms with Crippen LogP contribution in [0, 0.1) is 6.92 Å². The van der Waals surface area contributed by atoms with E-state index in [1.165, 1.54) is 11.3 Å². The summed E-state index contributed by atoms with van der Waals surface area (Å²) in [5.74, 6) is -0.814. The number of carbonyl (C=O) groups is 2. The molecule has 4 rings (SSSR count). The molecule has 0 saturated carbocycles. The Bertz CT molecular complexity index is 1060. The molecule has 0 amide bonds. The van der Waals surface area contributed by atoms with E-state index in [0.717, 1.165) is 32.8 Å². The highest BCUT2D eigenvalue weighted by Crippen LogP contribution is 2.29. The van der Waals surface area contributed by atoms with Crippen LogP contribution in [-0.2, 0) is 24.2 Å². The van der Waals surface area contributed by atoms with Crippen molar-refractivity contribution in [1.82, 2.24) is 9.88 Å². The van der Waals surface area contributed by atoms with E-state index in [2.05, 4.69) is 30.1 Å². The highest BCUT2D eigenvalue weighted by Gasteiger charge is 2.24. The summed E-state index contributed by atoms with van der Waals surface area (Å²) in [5.41, 5.74) is 5.34. The van der Waals surface area contributed by atoms with Gasteiger partial charge in [0, 0.05) is 30.8 Å². The van der Waals surface area contributed by atoms with Crippen molar-refractivity contribution in [2.24, 2.45) is 0 Å². The van der Waals surface area contributed by atoms with Gasteiger partial charge in [-0.15, -0.1) is 11.3 Å². The van der Waals surface area contributed by atoms with Gasteiger partial charge < -0.3 is 5.11 Å². The van der Waals surface area contributed by atoms with Crippen LogP contribution in [0.3, 0.4) is 0 Å². The number of benzene rings is 2. The van der Waals surface area contributed by atoms with Gasteiger partial charge in [0.25, 0.3) is 0 Å². The summed E-state index contributed by atoms with van der Waals surface area (Å²) in [7, 11) is 0. The molecule has 0 aliphatic carbocycles. The molecule has 1 N–H and O–H groups in total. The molecule has 0 radical (unpaired) electrons. The Morgan fingerprint density at radius 3 is 2.69 bits per heavy atom. The Kier molecular flexibility index (Phi) is 5.56. The minimum absolute atomic E-state index is 0.0162. The molecule has 148 valence electrons. The first-order chi connectivity index (χ1) is 14.0. The average molecular weight is 407 g/mol. The maximum absolute atomic E-state index is 12.9. The third-order valence-electron chi connectivity index (χ3n) is 5.29. The van der Waals surface area contributed by atoms with Crippen molar-refractivity contribution in [2.45, 2.75) is 26.3 Å². The lowest BCUT2D eigenvalue weighted by Gasteiger charge is -2.23. The number of aromatic nitrogens is 1. The second-order valence-electron chi connectivity index (χ2n) is 7.30. The summed E-state index contributed by atoms with van der Waals surface area (Å²) in [6, 6.07) is 16.3. The van der Waals surface area contributed by atoms with Gasteiger partial charge in [0.2, 0.25) is 0 Å². The van der Waals surface area contributed by atoms with Crippen LogP contribution in [0.25, 0.3) is 11.1 Å². The van der Waals surface area contributed by atoms with Crippen molar-refractivity contribution in [3.63, 3.8) is 0 Å². The van der Waals surface area contributed by atoms with Gasteiger partial charge in [-0.1, -0.05) is 48.5 Å². The summed E-state index contributed by atoms with van der Waals surface area (Å²) in [4.78, 5) is 31.3. The van der Waals surface area contributed by atoms with Crippen LogP contribution < -0.4 is 0 Å². The van der Waals surface area contributed by atoms with Gasteiger partial charge in [-0.05, 0) is 29.2 Å². The fraction of sp³-hybridized carbons (Fsp3) is 0.261. The van der Waals surface area contributed by atoms with E-state index in [-0.39, 0.29) is 12.3 Å². The quantitative estimate of drug-likeness (QED) is 0.627. The summed E-state index contributed by atoms with van der Waals surface area (Å²) in [6.45, 7) is 3.29. The van der Waals surface area contributed by atoms with Gasteiger partial charge in [0.1, 0.15) is 0 Å². The van der Waals surface area contributed by atoms with E-state index in [0.29, 0.717) is 30.9 Å². The van der Waals surface area contributed by atoms with E-state index in [9.17, 15) is 9.59 Å². The van der Waals surface area contributed by atoms with Gasteiger partial charge in [-0.3, -0.25) is 14.5 Å². The number of carboxylic acid groups (broad SMARTS) is 1. The van der Waals surface area contributed by atoms with Crippen LogP contribution in [0.2, 0.25) is 0 Å². The van der Waals surface area contributed by atoms with Crippen molar-refractivity contribution < 1.29 is 14.7 Å². The van der Waals surface area contributed by atoms with Gasteiger partial charge in [0.05, 0.1) is 12.2 Å². The minimum atomic E-state index is -0.831. The molecule has 1 aliphatic rings. The highest BCUT2D eigenvalue weighted by molar-refractivity contribution is 7.13. The molecule has 5 nitrogen and oxygen atoms in total. The molecule has 0 fully saturated rings. The van der Waals surface area contributed by atoms with E-state index in [1.54, 1.807) is 0 Å². The molecule has 0 spiro atoms. The molecule has 29 heavy (non-hydrogen) atoms. The first kappa shape index (κ1) is 19.5. The Morgan fingerprint density at radius 1 is 1.14 bits per heavy atom. The third kappa shape index (κ3) is 4.28. The molecular weight excluding hydrogens is 384 g/mol. The molecule has 3 aromatic rings. The zero-order chi connectivity index (χ0) is 20.4. The number of rotatable bonds is 6. The fourth-order valence-corrected chi connectivity index (χ4v) is 4.84. The number of carboxylic acids is 1. The van der Waals surface area contributed by atoms with Crippen molar-refractivity contribution in [2.75, 3.05) is 13.1 Å². The van der Waals surface area contributed by atoms with E-state index in [4.69, 9.17) is 5.11 Å². The lowest BCUT2D eigenvalue weighted by Crippen LogP contribution is -2.34. The number of aliphatic carboxylic acids is 1. The molecule has 0 bridgehead atoms. The van der Waals surface area contributed by atoms with Gasteiger partial charge in [-0.25, -0.2) is 4.98 Å². The van der Waals surface area contributed by atoms with Crippen LogP contribution in [0.1, 0.15) is 31.5 Å². The molecule has 1 aromatic heterocycles.